The molecule has 0 atom stereocenters. The summed E-state index contributed by atoms with van der Waals surface area (Å²) in [6.07, 6.45) is 1.70. The zero-order valence-electron chi connectivity index (χ0n) is 9.14. The number of benzene rings is 1. The van der Waals surface area contributed by atoms with E-state index >= 15 is 0 Å². The van der Waals surface area contributed by atoms with E-state index in [-0.39, 0.29) is 5.12 Å². The number of halogens is 1. The van der Waals surface area contributed by atoms with E-state index in [9.17, 15) is 4.79 Å². The van der Waals surface area contributed by atoms with Crippen molar-refractivity contribution in [2.75, 3.05) is 6.61 Å². The second kappa shape index (κ2) is 5.38. The molecule has 0 saturated heterocycles. The zero-order valence-corrected chi connectivity index (χ0v) is 10.7. The first-order chi connectivity index (χ1) is 8.19. The van der Waals surface area contributed by atoms with Gasteiger partial charge >= 0.3 is 0 Å². The lowest BCUT2D eigenvalue weighted by atomic mass is 10.2. The fourth-order valence-electron chi connectivity index (χ4n) is 1.33. The summed E-state index contributed by atoms with van der Waals surface area (Å²) in [4.78, 5) is 15.7. The molecule has 88 valence electrons. The van der Waals surface area contributed by atoms with Crippen molar-refractivity contribution in [1.29, 1.82) is 0 Å². The molecule has 0 unspecified atom stereocenters. The number of ether oxygens (including phenoxy) is 1. The number of nitrogens with zero attached hydrogens (tertiary/aromatic N) is 1. The number of hydrogen-bond donors (Lipinski definition) is 0. The van der Waals surface area contributed by atoms with Crippen molar-refractivity contribution in [2.24, 2.45) is 4.99 Å². The van der Waals surface area contributed by atoms with Crippen LogP contribution in [0.2, 0.25) is 5.02 Å². The van der Waals surface area contributed by atoms with Gasteiger partial charge in [0.25, 0.3) is 5.23 Å². The van der Waals surface area contributed by atoms with Gasteiger partial charge in [0.2, 0.25) is 5.12 Å². The molecule has 0 spiro atoms. The first-order valence-electron chi connectivity index (χ1n) is 5.10. The summed E-state index contributed by atoms with van der Waals surface area (Å²) in [6, 6.07) is 7.25. The van der Waals surface area contributed by atoms with Crippen molar-refractivity contribution in [1.82, 2.24) is 0 Å². The van der Waals surface area contributed by atoms with Gasteiger partial charge in [-0.05, 0) is 30.7 Å². The van der Waals surface area contributed by atoms with Crippen LogP contribution in [-0.2, 0) is 9.53 Å². The summed E-state index contributed by atoms with van der Waals surface area (Å²) in [7, 11) is 0. The van der Waals surface area contributed by atoms with E-state index in [1.54, 1.807) is 18.2 Å². The molecule has 1 aromatic carbocycles. The van der Waals surface area contributed by atoms with E-state index in [1.807, 2.05) is 19.1 Å². The van der Waals surface area contributed by atoms with Gasteiger partial charge in [-0.3, -0.25) is 4.79 Å². The minimum Gasteiger partial charge on any atom is -0.473 e. The average molecular weight is 268 g/mol. The largest absolute Gasteiger partial charge is 0.473 e. The van der Waals surface area contributed by atoms with Crippen LogP contribution < -0.4 is 0 Å². The highest BCUT2D eigenvalue weighted by atomic mass is 35.5. The predicted molar refractivity (Wildman–Crippen MR) is 71.1 cm³/mol. The minimum absolute atomic E-state index is 0.103. The highest BCUT2D eigenvalue weighted by Crippen LogP contribution is 2.26. The fourth-order valence-corrected chi connectivity index (χ4v) is 2.22. The van der Waals surface area contributed by atoms with Gasteiger partial charge in [0.05, 0.1) is 6.61 Å². The van der Waals surface area contributed by atoms with Crippen molar-refractivity contribution < 1.29 is 9.53 Å². The highest BCUT2D eigenvalue weighted by Gasteiger charge is 2.23. The highest BCUT2D eigenvalue weighted by molar-refractivity contribution is 8.26. The van der Waals surface area contributed by atoms with Gasteiger partial charge in [-0.15, -0.1) is 0 Å². The lowest BCUT2D eigenvalue weighted by molar-refractivity contribution is -0.107. The number of hydrogen-bond acceptors (Lipinski definition) is 4. The van der Waals surface area contributed by atoms with Crippen molar-refractivity contribution in [3.63, 3.8) is 0 Å². The van der Waals surface area contributed by atoms with E-state index in [2.05, 4.69) is 4.99 Å². The summed E-state index contributed by atoms with van der Waals surface area (Å²) in [5.41, 5.74) is 1.24. The van der Waals surface area contributed by atoms with E-state index in [1.165, 1.54) is 0 Å². The fraction of sp³-hybridized carbons (Fsp3) is 0.167. The Labute approximate surface area is 109 Å². The topological polar surface area (TPSA) is 38.7 Å². The molecule has 17 heavy (non-hydrogen) atoms. The van der Waals surface area contributed by atoms with Crippen LogP contribution in [0, 0.1) is 0 Å². The molecule has 0 bridgehead atoms. The second-order valence-corrected chi connectivity index (χ2v) is 4.65. The quantitative estimate of drug-likeness (QED) is 0.772. The van der Waals surface area contributed by atoms with Crippen LogP contribution in [0.4, 0.5) is 0 Å². The molecule has 1 aliphatic rings. The molecule has 1 heterocycles. The van der Waals surface area contributed by atoms with E-state index in [4.69, 9.17) is 16.3 Å². The lowest BCUT2D eigenvalue weighted by Crippen LogP contribution is -1.95. The third-order valence-corrected chi connectivity index (χ3v) is 3.03. The van der Waals surface area contributed by atoms with Gasteiger partial charge in [-0.1, -0.05) is 23.7 Å². The molecule has 0 amide bonds. The molecule has 1 aromatic rings. The Kier molecular flexibility index (Phi) is 3.86. The van der Waals surface area contributed by atoms with Crippen LogP contribution in [0.25, 0.3) is 6.08 Å². The van der Waals surface area contributed by atoms with Gasteiger partial charge in [0.1, 0.15) is 5.70 Å². The van der Waals surface area contributed by atoms with Crippen molar-refractivity contribution in [3.8, 4) is 0 Å². The first-order valence-corrected chi connectivity index (χ1v) is 6.29. The Morgan fingerprint density at radius 1 is 1.53 bits per heavy atom. The van der Waals surface area contributed by atoms with Crippen molar-refractivity contribution in [3.05, 3.63) is 40.5 Å². The third kappa shape index (κ3) is 3.11. The van der Waals surface area contributed by atoms with Gasteiger partial charge in [-0.2, -0.15) is 0 Å². The number of thioether (sulfide) groups is 1. The molecule has 0 radical (unpaired) electrons. The Balaban J connectivity index is 2.25. The Morgan fingerprint density at radius 2 is 2.35 bits per heavy atom. The first kappa shape index (κ1) is 12.2. The summed E-state index contributed by atoms with van der Waals surface area (Å²) < 4.78 is 5.19. The maximum absolute atomic E-state index is 11.6. The summed E-state index contributed by atoms with van der Waals surface area (Å²) in [5.74, 6) is 0. The number of carbonyl (C=O) groups excluding carboxylic acids is 1. The van der Waals surface area contributed by atoms with Gasteiger partial charge < -0.3 is 4.74 Å². The summed E-state index contributed by atoms with van der Waals surface area (Å²) >= 11 is 6.87. The standard InChI is InChI=1S/C12H10ClNO2S/c1-2-16-12-14-10(11(15)17-12)7-8-4-3-5-9(13)6-8/h3-7H,2H2,1H3. The Hall–Kier alpha value is -1.26. The second-order valence-electron chi connectivity index (χ2n) is 3.28. The predicted octanol–water partition coefficient (Wildman–Crippen LogP) is 3.35. The molecule has 0 saturated carbocycles. The maximum Gasteiger partial charge on any atom is 0.259 e. The van der Waals surface area contributed by atoms with E-state index in [0.717, 1.165) is 17.3 Å². The monoisotopic (exact) mass is 267 g/mol. The molecule has 0 fully saturated rings. The van der Waals surface area contributed by atoms with Gasteiger partial charge in [0, 0.05) is 16.8 Å². The summed E-state index contributed by atoms with van der Waals surface area (Å²) in [6.45, 7) is 2.36. The average Bonchev–Trinajstić information content (AvgIpc) is 2.60. The Morgan fingerprint density at radius 3 is 3.06 bits per heavy atom. The lowest BCUT2D eigenvalue weighted by Gasteiger charge is -1.95. The van der Waals surface area contributed by atoms with Crippen molar-refractivity contribution in [2.45, 2.75) is 6.92 Å². The van der Waals surface area contributed by atoms with E-state index < -0.39 is 0 Å². The molecule has 0 N–H and O–H groups in total. The van der Waals surface area contributed by atoms with Crippen LogP contribution in [-0.4, -0.2) is 17.0 Å². The molecule has 1 aliphatic heterocycles. The van der Waals surface area contributed by atoms with E-state index in [0.29, 0.717) is 22.6 Å². The van der Waals surface area contributed by atoms with Crippen LogP contribution in [0.1, 0.15) is 12.5 Å². The molecular formula is C12H10ClNO2S. The minimum atomic E-state index is -0.103. The van der Waals surface area contributed by atoms with Gasteiger partial charge in [0.15, 0.2) is 0 Å². The number of carbonyl (C=O) groups is 1. The number of aliphatic imine (C=N–C) groups is 1. The Bertz CT molecular complexity index is 511. The molecule has 3 nitrogen and oxygen atoms in total. The summed E-state index contributed by atoms with van der Waals surface area (Å²) in [5, 5.41) is 0.936. The van der Waals surface area contributed by atoms with Crippen molar-refractivity contribution >= 4 is 39.8 Å². The van der Waals surface area contributed by atoms with Gasteiger partial charge in [-0.25, -0.2) is 4.99 Å². The molecule has 0 aromatic heterocycles. The third-order valence-electron chi connectivity index (χ3n) is 2.02. The normalized spacial score (nSPS) is 17.4. The number of rotatable bonds is 2. The SMILES string of the molecule is CCOC1=NC(=Cc2cccc(Cl)c2)C(=O)S1. The van der Waals surface area contributed by atoms with Crippen LogP contribution in [0.15, 0.2) is 35.0 Å². The smallest absolute Gasteiger partial charge is 0.259 e. The molecule has 2 rings (SSSR count). The zero-order chi connectivity index (χ0) is 12.3. The molecular weight excluding hydrogens is 258 g/mol. The molecule has 5 heteroatoms. The van der Waals surface area contributed by atoms with Crippen LogP contribution in [0.5, 0.6) is 0 Å². The maximum atomic E-state index is 11.6. The van der Waals surface area contributed by atoms with Crippen LogP contribution in [0.3, 0.4) is 0 Å². The van der Waals surface area contributed by atoms with Crippen LogP contribution >= 0.6 is 23.4 Å². The molecule has 0 aliphatic carbocycles.